The third kappa shape index (κ3) is 4.30. The van der Waals surface area contributed by atoms with E-state index < -0.39 is 0 Å². The van der Waals surface area contributed by atoms with Crippen LogP contribution in [0.2, 0.25) is 0 Å². The molecule has 2 nitrogen and oxygen atoms in total. The molecule has 18 heavy (non-hydrogen) atoms. The monoisotopic (exact) mass is 329 g/mol. The summed E-state index contributed by atoms with van der Waals surface area (Å²) in [5.41, 5.74) is 3.82. The number of nitrogens with one attached hydrogen (secondary N) is 1. The summed E-state index contributed by atoms with van der Waals surface area (Å²) in [6.07, 6.45) is 2.62. The van der Waals surface area contributed by atoms with E-state index in [9.17, 15) is 0 Å². The summed E-state index contributed by atoms with van der Waals surface area (Å²) in [6, 6.07) is 6.92. The molecule has 0 spiro atoms. The predicted octanol–water partition coefficient (Wildman–Crippen LogP) is 4.22. The van der Waals surface area contributed by atoms with Crippen LogP contribution in [0.15, 0.2) is 33.8 Å². The molecule has 0 amide bonds. The van der Waals surface area contributed by atoms with E-state index in [0.29, 0.717) is 6.61 Å². The second-order valence-corrected chi connectivity index (χ2v) is 5.74. The number of benzene rings is 1. The Morgan fingerprint density at radius 2 is 2.33 bits per heavy atom. The number of ether oxygens (including phenoxy) is 1. The molecular formula is C14H17BrClNO. The molecular weight excluding hydrogens is 314 g/mol. The molecule has 0 heterocycles. The molecule has 1 N–H and O–H groups in total. The van der Waals surface area contributed by atoms with Gasteiger partial charge in [0.25, 0.3) is 0 Å². The molecule has 0 aromatic heterocycles. The fourth-order valence-corrected chi connectivity index (χ4v) is 2.15. The molecule has 98 valence electrons. The van der Waals surface area contributed by atoms with Gasteiger partial charge in [-0.1, -0.05) is 17.7 Å². The summed E-state index contributed by atoms with van der Waals surface area (Å²) in [5.74, 6) is 0.850. The Labute approximate surface area is 121 Å². The van der Waals surface area contributed by atoms with Gasteiger partial charge < -0.3 is 10.1 Å². The third-order valence-corrected chi connectivity index (χ3v) is 3.80. The normalized spacial score (nSPS) is 15.8. The standard InChI is InChI=1S/C14H17BrClNO/c1-10(7-16)9-18-14-5-2-11(6-13(14)15)8-17-12-3-4-12/h2,5-7,12,17H,3-4,8-9H2,1H3/b10-7-. The molecule has 0 radical (unpaired) electrons. The van der Waals surface area contributed by atoms with Gasteiger partial charge in [0.15, 0.2) is 0 Å². The molecule has 1 aromatic rings. The van der Waals surface area contributed by atoms with Gasteiger partial charge in [0.2, 0.25) is 0 Å². The third-order valence-electron chi connectivity index (χ3n) is 2.81. The first kappa shape index (κ1) is 13.9. The first-order valence-corrected chi connectivity index (χ1v) is 7.32. The Morgan fingerprint density at radius 1 is 1.56 bits per heavy atom. The lowest BCUT2D eigenvalue weighted by Gasteiger charge is -2.10. The van der Waals surface area contributed by atoms with Gasteiger partial charge in [0.1, 0.15) is 12.4 Å². The Hall–Kier alpha value is -0.510. The fraction of sp³-hybridized carbons (Fsp3) is 0.429. The van der Waals surface area contributed by atoms with E-state index in [1.54, 1.807) is 5.54 Å². The maximum absolute atomic E-state index is 5.66. The molecule has 4 heteroatoms. The van der Waals surface area contributed by atoms with Gasteiger partial charge in [-0.3, -0.25) is 0 Å². The molecule has 1 saturated carbocycles. The van der Waals surface area contributed by atoms with Crippen molar-refractivity contribution in [2.24, 2.45) is 0 Å². The van der Waals surface area contributed by atoms with Crippen LogP contribution in [0.1, 0.15) is 25.3 Å². The Bertz CT molecular complexity index is 443. The van der Waals surface area contributed by atoms with E-state index in [2.05, 4.69) is 33.4 Å². The van der Waals surface area contributed by atoms with Crippen molar-refractivity contribution in [2.75, 3.05) is 6.61 Å². The van der Waals surface area contributed by atoms with Crippen LogP contribution in [0.5, 0.6) is 5.75 Å². The van der Waals surface area contributed by atoms with Gasteiger partial charge in [-0.25, -0.2) is 0 Å². The molecule has 1 fully saturated rings. The largest absolute Gasteiger partial charge is 0.488 e. The second kappa shape index (κ2) is 6.60. The van der Waals surface area contributed by atoms with Crippen molar-refractivity contribution in [2.45, 2.75) is 32.4 Å². The van der Waals surface area contributed by atoms with Crippen molar-refractivity contribution in [1.82, 2.24) is 5.32 Å². The van der Waals surface area contributed by atoms with Gasteiger partial charge in [-0.2, -0.15) is 0 Å². The van der Waals surface area contributed by atoms with Gasteiger partial charge in [-0.05, 0) is 59.0 Å². The molecule has 1 aromatic carbocycles. The van der Waals surface area contributed by atoms with Crippen molar-refractivity contribution >= 4 is 27.5 Å². The van der Waals surface area contributed by atoms with E-state index >= 15 is 0 Å². The van der Waals surface area contributed by atoms with Crippen LogP contribution >= 0.6 is 27.5 Å². The highest BCUT2D eigenvalue weighted by atomic mass is 79.9. The minimum atomic E-state index is 0.516. The van der Waals surface area contributed by atoms with E-state index in [1.165, 1.54) is 18.4 Å². The van der Waals surface area contributed by atoms with Gasteiger partial charge >= 0.3 is 0 Å². The van der Waals surface area contributed by atoms with Gasteiger partial charge in [0, 0.05) is 18.1 Å². The molecule has 0 aliphatic heterocycles. The molecule has 0 atom stereocenters. The number of hydrogen-bond donors (Lipinski definition) is 1. The van der Waals surface area contributed by atoms with E-state index in [-0.39, 0.29) is 0 Å². The summed E-state index contributed by atoms with van der Waals surface area (Å²) < 4.78 is 6.65. The highest BCUT2D eigenvalue weighted by Gasteiger charge is 2.19. The quantitative estimate of drug-likeness (QED) is 0.843. The van der Waals surface area contributed by atoms with Crippen LogP contribution in [0, 0.1) is 0 Å². The zero-order valence-electron chi connectivity index (χ0n) is 10.4. The second-order valence-electron chi connectivity index (χ2n) is 4.66. The van der Waals surface area contributed by atoms with Crippen LogP contribution in [0.3, 0.4) is 0 Å². The molecule has 0 saturated heterocycles. The maximum Gasteiger partial charge on any atom is 0.133 e. The number of hydrogen-bond acceptors (Lipinski definition) is 2. The minimum absolute atomic E-state index is 0.516. The summed E-state index contributed by atoms with van der Waals surface area (Å²) in [5, 5.41) is 3.49. The van der Waals surface area contributed by atoms with Crippen LogP contribution in [-0.2, 0) is 6.54 Å². The lowest BCUT2D eigenvalue weighted by molar-refractivity contribution is 0.350. The van der Waals surface area contributed by atoms with Crippen LogP contribution in [0.25, 0.3) is 0 Å². The first-order valence-electron chi connectivity index (χ1n) is 6.09. The zero-order chi connectivity index (χ0) is 13.0. The van der Waals surface area contributed by atoms with Crippen molar-refractivity contribution in [3.63, 3.8) is 0 Å². The van der Waals surface area contributed by atoms with Crippen LogP contribution < -0.4 is 10.1 Å². The number of rotatable bonds is 6. The van der Waals surface area contributed by atoms with Crippen LogP contribution in [-0.4, -0.2) is 12.6 Å². The maximum atomic E-state index is 5.66. The molecule has 2 rings (SSSR count). The lowest BCUT2D eigenvalue weighted by atomic mass is 10.2. The zero-order valence-corrected chi connectivity index (χ0v) is 12.7. The topological polar surface area (TPSA) is 21.3 Å². The molecule has 1 aliphatic rings. The minimum Gasteiger partial charge on any atom is -0.488 e. The SMILES string of the molecule is C/C(=C/Cl)COc1ccc(CNC2CC2)cc1Br. The summed E-state index contributed by atoms with van der Waals surface area (Å²) >= 11 is 9.13. The van der Waals surface area contributed by atoms with E-state index in [0.717, 1.165) is 28.4 Å². The van der Waals surface area contributed by atoms with Crippen molar-refractivity contribution in [1.29, 1.82) is 0 Å². The lowest BCUT2D eigenvalue weighted by Crippen LogP contribution is -2.15. The molecule has 0 unspecified atom stereocenters. The highest BCUT2D eigenvalue weighted by Crippen LogP contribution is 2.27. The number of halogens is 2. The Balaban J connectivity index is 1.91. The fourth-order valence-electron chi connectivity index (χ4n) is 1.54. The summed E-state index contributed by atoms with van der Waals surface area (Å²) in [7, 11) is 0. The van der Waals surface area contributed by atoms with Crippen molar-refractivity contribution in [3.05, 3.63) is 39.3 Å². The average Bonchev–Trinajstić information content (AvgIpc) is 3.18. The molecule has 1 aliphatic carbocycles. The average molecular weight is 331 g/mol. The van der Waals surface area contributed by atoms with E-state index in [1.807, 2.05) is 13.0 Å². The van der Waals surface area contributed by atoms with Crippen molar-refractivity contribution < 1.29 is 4.74 Å². The van der Waals surface area contributed by atoms with E-state index in [4.69, 9.17) is 16.3 Å². The molecule has 0 bridgehead atoms. The van der Waals surface area contributed by atoms with Gasteiger partial charge in [0.05, 0.1) is 4.47 Å². The highest BCUT2D eigenvalue weighted by molar-refractivity contribution is 9.10. The van der Waals surface area contributed by atoms with Crippen LogP contribution in [0.4, 0.5) is 0 Å². The summed E-state index contributed by atoms with van der Waals surface area (Å²) in [6.45, 7) is 3.38. The smallest absolute Gasteiger partial charge is 0.133 e. The summed E-state index contributed by atoms with van der Waals surface area (Å²) in [4.78, 5) is 0. The van der Waals surface area contributed by atoms with Gasteiger partial charge in [-0.15, -0.1) is 0 Å². The Morgan fingerprint density at radius 3 is 2.94 bits per heavy atom. The first-order chi connectivity index (χ1) is 8.69. The predicted molar refractivity (Wildman–Crippen MR) is 79.1 cm³/mol. The van der Waals surface area contributed by atoms with Crippen molar-refractivity contribution in [3.8, 4) is 5.75 Å². The Kier molecular flexibility index (Phi) is 5.10.